The zero-order chi connectivity index (χ0) is 17.8. The minimum Gasteiger partial charge on any atom is -0.463 e. The molecule has 0 spiro atoms. The maximum Gasteiger partial charge on any atom is 0.334 e. The van der Waals surface area contributed by atoms with E-state index < -0.39 is 0 Å². The lowest BCUT2D eigenvalue weighted by Crippen LogP contribution is -2.23. The molecule has 3 rings (SSSR count). The monoisotopic (exact) mass is 354 g/mol. The lowest BCUT2D eigenvalue weighted by atomic mass is 9.80. The molecule has 4 heteroatoms. The summed E-state index contributed by atoms with van der Waals surface area (Å²) in [6.45, 7) is 2.08. The Kier molecular flexibility index (Phi) is 5.34. The SMILES string of the molecule is CCOC(=O)C1=CCC(C(=O)c2ccccc2)C1c1ccc(Cl)cc1. The second-order valence-corrected chi connectivity index (χ2v) is 6.42. The van der Waals surface area contributed by atoms with Crippen molar-refractivity contribution >= 4 is 23.4 Å². The number of benzene rings is 2. The van der Waals surface area contributed by atoms with Crippen molar-refractivity contribution < 1.29 is 14.3 Å². The maximum atomic E-state index is 13.0. The molecule has 1 aliphatic carbocycles. The number of allylic oxidation sites excluding steroid dienone is 1. The van der Waals surface area contributed by atoms with Gasteiger partial charge in [-0.3, -0.25) is 4.79 Å². The van der Waals surface area contributed by atoms with E-state index in [1.54, 1.807) is 19.1 Å². The van der Waals surface area contributed by atoms with Crippen LogP contribution in [0.2, 0.25) is 5.02 Å². The topological polar surface area (TPSA) is 43.4 Å². The summed E-state index contributed by atoms with van der Waals surface area (Å²) in [6, 6.07) is 16.5. The van der Waals surface area contributed by atoms with Crippen LogP contribution < -0.4 is 0 Å². The number of ether oxygens (including phenoxy) is 1. The standard InChI is InChI=1S/C21H19ClO3/c1-2-25-21(24)18-13-12-17(20(23)15-6-4-3-5-7-15)19(18)14-8-10-16(22)11-9-14/h3-11,13,17,19H,2,12H2,1H3. The highest BCUT2D eigenvalue weighted by molar-refractivity contribution is 6.30. The predicted molar refractivity (Wildman–Crippen MR) is 97.8 cm³/mol. The molecule has 2 aromatic carbocycles. The second-order valence-electron chi connectivity index (χ2n) is 5.98. The molecule has 0 radical (unpaired) electrons. The number of rotatable bonds is 5. The second kappa shape index (κ2) is 7.66. The summed E-state index contributed by atoms with van der Waals surface area (Å²) in [5.74, 6) is -0.950. The van der Waals surface area contributed by atoms with Crippen molar-refractivity contribution in [1.29, 1.82) is 0 Å². The molecule has 0 fully saturated rings. The lowest BCUT2D eigenvalue weighted by Gasteiger charge is -2.22. The van der Waals surface area contributed by atoms with E-state index in [0.717, 1.165) is 5.56 Å². The average molecular weight is 355 g/mol. The molecule has 3 nitrogen and oxygen atoms in total. The molecule has 0 saturated heterocycles. The van der Waals surface area contributed by atoms with E-state index in [-0.39, 0.29) is 23.6 Å². The number of halogens is 1. The summed E-state index contributed by atoms with van der Waals surface area (Å²) in [4.78, 5) is 25.4. The fourth-order valence-corrected chi connectivity index (χ4v) is 3.44. The quantitative estimate of drug-likeness (QED) is 0.571. The van der Waals surface area contributed by atoms with Gasteiger partial charge in [-0.25, -0.2) is 4.79 Å². The number of ketones is 1. The zero-order valence-corrected chi connectivity index (χ0v) is 14.7. The van der Waals surface area contributed by atoms with Crippen LogP contribution in [-0.2, 0) is 9.53 Å². The molecule has 2 atom stereocenters. The minimum absolute atomic E-state index is 0.0381. The van der Waals surface area contributed by atoms with Gasteiger partial charge in [0.15, 0.2) is 5.78 Å². The van der Waals surface area contributed by atoms with Crippen LogP contribution in [0.5, 0.6) is 0 Å². The normalized spacial score (nSPS) is 19.4. The molecule has 2 unspecified atom stereocenters. The molecule has 0 N–H and O–H groups in total. The van der Waals surface area contributed by atoms with Gasteiger partial charge in [0, 0.05) is 28.0 Å². The Morgan fingerprint density at radius 3 is 2.40 bits per heavy atom. The van der Waals surface area contributed by atoms with Gasteiger partial charge in [-0.2, -0.15) is 0 Å². The third kappa shape index (κ3) is 3.67. The van der Waals surface area contributed by atoms with Crippen molar-refractivity contribution in [3.05, 3.63) is 82.4 Å². The van der Waals surface area contributed by atoms with E-state index in [2.05, 4.69) is 0 Å². The van der Waals surface area contributed by atoms with Crippen LogP contribution in [0.3, 0.4) is 0 Å². The summed E-state index contributed by atoms with van der Waals surface area (Å²) >= 11 is 5.99. The van der Waals surface area contributed by atoms with E-state index in [1.165, 1.54) is 0 Å². The number of carbonyl (C=O) groups is 2. The van der Waals surface area contributed by atoms with Gasteiger partial charge in [-0.1, -0.05) is 60.1 Å². The fourth-order valence-electron chi connectivity index (χ4n) is 3.32. The largest absolute Gasteiger partial charge is 0.463 e. The van der Waals surface area contributed by atoms with Crippen molar-refractivity contribution in [3.8, 4) is 0 Å². The van der Waals surface area contributed by atoms with Crippen molar-refractivity contribution in [1.82, 2.24) is 0 Å². The third-order valence-corrected chi connectivity index (χ3v) is 4.72. The average Bonchev–Trinajstić information content (AvgIpc) is 3.08. The molecular formula is C21H19ClO3. The molecule has 0 aromatic heterocycles. The Morgan fingerprint density at radius 2 is 1.76 bits per heavy atom. The van der Waals surface area contributed by atoms with Gasteiger partial charge in [0.1, 0.15) is 0 Å². The first-order valence-electron chi connectivity index (χ1n) is 8.33. The smallest absolute Gasteiger partial charge is 0.334 e. The van der Waals surface area contributed by atoms with Crippen LogP contribution in [0, 0.1) is 5.92 Å². The molecule has 0 aliphatic heterocycles. The third-order valence-electron chi connectivity index (χ3n) is 4.46. The van der Waals surface area contributed by atoms with E-state index in [4.69, 9.17) is 16.3 Å². The first-order chi connectivity index (χ1) is 12.1. The maximum absolute atomic E-state index is 13.0. The summed E-state index contributed by atoms with van der Waals surface area (Å²) in [6.07, 6.45) is 2.36. The Hall–Kier alpha value is -2.39. The number of hydrogen-bond donors (Lipinski definition) is 0. The Bertz CT molecular complexity index is 794. The molecule has 128 valence electrons. The summed E-state index contributed by atoms with van der Waals surface area (Å²) in [7, 11) is 0. The predicted octanol–water partition coefficient (Wildman–Crippen LogP) is 4.82. The van der Waals surface area contributed by atoms with E-state index in [0.29, 0.717) is 29.2 Å². The van der Waals surface area contributed by atoms with E-state index in [1.807, 2.05) is 48.5 Å². The van der Waals surface area contributed by atoms with Crippen LogP contribution in [0.1, 0.15) is 35.2 Å². The van der Waals surface area contributed by atoms with Crippen LogP contribution in [0.15, 0.2) is 66.2 Å². The van der Waals surface area contributed by atoms with Crippen molar-refractivity contribution in [2.75, 3.05) is 6.61 Å². The van der Waals surface area contributed by atoms with Gasteiger partial charge < -0.3 is 4.74 Å². The highest BCUT2D eigenvalue weighted by Crippen LogP contribution is 2.42. The van der Waals surface area contributed by atoms with Gasteiger partial charge in [0.05, 0.1) is 6.61 Å². The summed E-state index contributed by atoms with van der Waals surface area (Å²) < 4.78 is 5.19. The van der Waals surface area contributed by atoms with E-state index in [9.17, 15) is 9.59 Å². The lowest BCUT2D eigenvalue weighted by molar-refractivity contribution is -0.138. The number of hydrogen-bond acceptors (Lipinski definition) is 3. The number of Topliss-reactive ketones (excluding diaryl/α,β-unsaturated/α-hetero) is 1. The van der Waals surface area contributed by atoms with Crippen LogP contribution in [-0.4, -0.2) is 18.4 Å². The van der Waals surface area contributed by atoms with Gasteiger partial charge in [0.25, 0.3) is 0 Å². The highest BCUT2D eigenvalue weighted by atomic mass is 35.5. The Balaban J connectivity index is 1.97. The molecular weight excluding hydrogens is 336 g/mol. The van der Waals surface area contributed by atoms with Gasteiger partial charge in [-0.05, 0) is 31.0 Å². The molecule has 0 saturated carbocycles. The molecule has 0 amide bonds. The first-order valence-corrected chi connectivity index (χ1v) is 8.71. The van der Waals surface area contributed by atoms with Crippen molar-refractivity contribution in [3.63, 3.8) is 0 Å². The zero-order valence-electron chi connectivity index (χ0n) is 13.9. The van der Waals surface area contributed by atoms with Gasteiger partial charge in [-0.15, -0.1) is 0 Å². The van der Waals surface area contributed by atoms with Gasteiger partial charge >= 0.3 is 5.97 Å². The van der Waals surface area contributed by atoms with Gasteiger partial charge in [0.2, 0.25) is 0 Å². The van der Waals surface area contributed by atoms with Crippen LogP contribution in [0.4, 0.5) is 0 Å². The van der Waals surface area contributed by atoms with Crippen molar-refractivity contribution in [2.45, 2.75) is 19.3 Å². The van der Waals surface area contributed by atoms with E-state index >= 15 is 0 Å². The first kappa shape index (κ1) is 17.4. The Labute approximate surface area is 152 Å². The Morgan fingerprint density at radius 1 is 1.08 bits per heavy atom. The summed E-state index contributed by atoms with van der Waals surface area (Å²) in [5.41, 5.74) is 2.11. The van der Waals surface area contributed by atoms with Crippen molar-refractivity contribution in [2.24, 2.45) is 5.92 Å². The fraction of sp³-hybridized carbons (Fsp3) is 0.238. The minimum atomic E-state index is -0.356. The molecule has 25 heavy (non-hydrogen) atoms. The molecule has 1 aliphatic rings. The summed E-state index contributed by atoms with van der Waals surface area (Å²) in [5, 5.41) is 0.620. The molecule has 0 heterocycles. The molecule has 2 aromatic rings. The highest BCUT2D eigenvalue weighted by Gasteiger charge is 2.39. The van der Waals surface area contributed by atoms with Crippen LogP contribution >= 0.6 is 11.6 Å². The molecule has 0 bridgehead atoms. The number of carbonyl (C=O) groups excluding carboxylic acids is 2. The number of esters is 1. The van der Waals surface area contributed by atoms with Crippen LogP contribution in [0.25, 0.3) is 0 Å².